The van der Waals surface area contributed by atoms with E-state index in [-0.39, 0.29) is 16.8 Å². The SMILES string of the molecule is CN1CCCc2ccc(S(=O)(=O)NC3CCC(=O)NC3(C)C)cc21. The summed E-state index contributed by atoms with van der Waals surface area (Å²) in [6.07, 6.45) is 2.91. The first kappa shape index (κ1) is 17.2. The molecule has 1 aromatic carbocycles. The van der Waals surface area contributed by atoms with Crippen molar-refractivity contribution in [3.8, 4) is 0 Å². The van der Waals surface area contributed by atoms with Crippen LogP contribution in [0.15, 0.2) is 23.1 Å². The lowest BCUT2D eigenvalue weighted by atomic mass is 9.88. The number of hydrogen-bond acceptors (Lipinski definition) is 4. The van der Waals surface area contributed by atoms with Gasteiger partial charge in [0.25, 0.3) is 0 Å². The Hall–Kier alpha value is -1.60. The Morgan fingerprint density at radius 2 is 2.04 bits per heavy atom. The van der Waals surface area contributed by atoms with Crippen LogP contribution in [0.5, 0.6) is 0 Å². The van der Waals surface area contributed by atoms with Crippen LogP contribution in [0.1, 0.15) is 38.7 Å². The number of amides is 1. The largest absolute Gasteiger partial charge is 0.374 e. The van der Waals surface area contributed by atoms with Gasteiger partial charge in [-0.15, -0.1) is 0 Å². The third kappa shape index (κ3) is 3.28. The number of hydrogen-bond donors (Lipinski definition) is 2. The lowest BCUT2D eigenvalue weighted by molar-refractivity contribution is -0.125. The van der Waals surface area contributed by atoms with Gasteiger partial charge in [-0.3, -0.25) is 4.79 Å². The Bertz CT molecular complexity index is 758. The lowest BCUT2D eigenvalue weighted by Crippen LogP contribution is -2.61. The molecule has 1 unspecified atom stereocenters. The summed E-state index contributed by atoms with van der Waals surface area (Å²) in [5, 5.41) is 2.86. The molecule has 0 spiro atoms. The maximum absolute atomic E-state index is 12.8. The third-order valence-electron chi connectivity index (χ3n) is 5.01. The van der Waals surface area contributed by atoms with E-state index in [0.717, 1.165) is 25.1 Å². The standard InChI is InChI=1S/C17H25N3O3S/c1-17(2)15(8-9-16(21)18-17)19-24(22,23)13-7-6-12-5-4-10-20(3)14(12)11-13/h6-7,11,15,19H,4-5,8-10H2,1-3H3,(H,18,21). The molecule has 132 valence electrons. The Kier molecular flexibility index (Phi) is 4.34. The van der Waals surface area contributed by atoms with Gasteiger partial charge < -0.3 is 10.2 Å². The molecule has 24 heavy (non-hydrogen) atoms. The van der Waals surface area contributed by atoms with Crippen LogP contribution in [-0.4, -0.2) is 39.5 Å². The monoisotopic (exact) mass is 351 g/mol. The second-order valence-electron chi connectivity index (χ2n) is 7.30. The fourth-order valence-corrected chi connectivity index (χ4v) is 4.95. The molecule has 2 heterocycles. The number of piperidine rings is 1. The highest BCUT2D eigenvalue weighted by atomic mass is 32.2. The molecule has 1 saturated heterocycles. The van der Waals surface area contributed by atoms with Gasteiger partial charge in [-0.1, -0.05) is 6.07 Å². The van der Waals surface area contributed by atoms with E-state index in [2.05, 4.69) is 14.9 Å². The van der Waals surface area contributed by atoms with E-state index in [0.29, 0.717) is 12.8 Å². The van der Waals surface area contributed by atoms with Crippen LogP contribution in [0, 0.1) is 0 Å². The van der Waals surface area contributed by atoms with Gasteiger partial charge in [-0.25, -0.2) is 13.1 Å². The van der Waals surface area contributed by atoms with Crippen molar-refractivity contribution >= 4 is 21.6 Å². The number of carbonyl (C=O) groups excluding carboxylic acids is 1. The van der Waals surface area contributed by atoms with Crippen molar-refractivity contribution in [3.05, 3.63) is 23.8 Å². The zero-order chi connectivity index (χ0) is 17.5. The minimum atomic E-state index is -3.63. The van der Waals surface area contributed by atoms with Crippen LogP contribution in [-0.2, 0) is 21.2 Å². The van der Waals surface area contributed by atoms with Crippen LogP contribution in [0.25, 0.3) is 0 Å². The molecule has 2 aliphatic rings. The number of aryl methyl sites for hydroxylation is 1. The molecule has 3 rings (SSSR count). The van der Waals surface area contributed by atoms with Crippen molar-refractivity contribution in [2.75, 3.05) is 18.5 Å². The Morgan fingerprint density at radius 3 is 2.75 bits per heavy atom. The quantitative estimate of drug-likeness (QED) is 0.863. The van der Waals surface area contributed by atoms with Gasteiger partial charge in [0.05, 0.1) is 10.4 Å². The average molecular weight is 351 g/mol. The molecule has 0 bridgehead atoms. The number of carbonyl (C=O) groups is 1. The Labute approximate surface area is 143 Å². The van der Waals surface area contributed by atoms with Gasteiger partial charge in [0.2, 0.25) is 15.9 Å². The summed E-state index contributed by atoms with van der Waals surface area (Å²) >= 11 is 0. The number of nitrogens with zero attached hydrogens (tertiary/aromatic N) is 1. The summed E-state index contributed by atoms with van der Waals surface area (Å²) in [4.78, 5) is 13.9. The molecule has 0 radical (unpaired) electrons. The number of anilines is 1. The first-order valence-electron chi connectivity index (χ1n) is 8.36. The zero-order valence-electron chi connectivity index (χ0n) is 14.4. The summed E-state index contributed by atoms with van der Waals surface area (Å²) < 4.78 is 28.4. The first-order chi connectivity index (χ1) is 11.2. The molecule has 0 aromatic heterocycles. The van der Waals surface area contributed by atoms with E-state index < -0.39 is 15.6 Å². The van der Waals surface area contributed by atoms with Crippen molar-refractivity contribution in [3.63, 3.8) is 0 Å². The predicted molar refractivity (Wildman–Crippen MR) is 93.6 cm³/mol. The van der Waals surface area contributed by atoms with E-state index in [4.69, 9.17) is 0 Å². The molecule has 0 aliphatic carbocycles. The van der Waals surface area contributed by atoms with Gasteiger partial charge in [-0.05, 0) is 50.8 Å². The summed E-state index contributed by atoms with van der Waals surface area (Å²) in [7, 11) is -1.65. The molecular weight excluding hydrogens is 326 g/mol. The Morgan fingerprint density at radius 1 is 1.29 bits per heavy atom. The number of nitrogens with one attached hydrogen (secondary N) is 2. The zero-order valence-corrected chi connectivity index (χ0v) is 15.2. The second-order valence-corrected chi connectivity index (χ2v) is 9.01. The number of rotatable bonds is 3. The molecule has 1 atom stereocenters. The van der Waals surface area contributed by atoms with Gasteiger partial charge >= 0.3 is 0 Å². The molecule has 1 fully saturated rings. The average Bonchev–Trinajstić information content (AvgIpc) is 2.50. The third-order valence-corrected chi connectivity index (χ3v) is 6.48. The molecule has 2 N–H and O–H groups in total. The van der Waals surface area contributed by atoms with Crippen LogP contribution in [0.3, 0.4) is 0 Å². The summed E-state index contributed by atoms with van der Waals surface area (Å²) in [6.45, 7) is 4.63. The van der Waals surface area contributed by atoms with Gasteiger partial charge in [0.1, 0.15) is 0 Å². The smallest absolute Gasteiger partial charge is 0.240 e. The number of fused-ring (bicyclic) bond motifs is 1. The van der Waals surface area contributed by atoms with Crippen LogP contribution < -0.4 is 14.9 Å². The summed E-state index contributed by atoms with van der Waals surface area (Å²) in [5.74, 6) is -0.0362. The first-order valence-corrected chi connectivity index (χ1v) is 9.85. The molecule has 6 nitrogen and oxygen atoms in total. The number of benzene rings is 1. The minimum Gasteiger partial charge on any atom is -0.374 e. The minimum absolute atomic E-state index is 0.0362. The van der Waals surface area contributed by atoms with Crippen molar-refractivity contribution in [2.45, 2.75) is 56.0 Å². The lowest BCUT2D eigenvalue weighted by Gasteiger charge is -2.39. The Balaban J connectivity index is 1.86. The molecule has 7 heteroatoms. The maximum atomic E-state index is 12.8. The fourth-order valence-electron chi connectivity index (χ4n) is 3.51. The van der Waals surface area contributed by atoms with E-state index >= 15 is 0 Å². The normalized spacial score (nSPS) is 23.5. The summed E-state index contributed by atoms with van der Waals surface area (Å²) in [5.41, 5.74) is 1.57. The molecule has 1 aromatic rings. The highest BCUT2D eigenvalue weighted by Crippen LogP contribution is 2.29. The van der Waals surface area contributed by atoms with Crippen molar-refractivity contribution in [1.82, 2.24) is 10.0 Å². The summed E-state index contributed by atoms with van der Waals surface area (Å²) in [6, 6.07) is 5.02. The molecular formula is C17H25N3O3S. The second kappa shape index (κ2) is 6.04. The van der Waals surface area contributed by atoms with E-state index in [1.165, 1.54) is 5.56 Å². The van der Waals surface area contributed by atoms with E-state index in [1.54, 1.807) is 12.1 Å². The van der Waals surface area contributed by atoms with Gasteiger partial charge in [0, 0.05) is 31.7 Å². The molecule has 0 saturated carbocycles. The van der Waals surface area contributed by atoms with Crippen molar-refractivity contribution in [2.24, 2.45) is 0 Å². The topological polar surface area (TPSA) is 78.5 Å². The number of sulfonamides is 1. The van der Waals surface area contributed by atoms with Crippen LogP contribution >= 0.6 is 0 Å². The van der Waals surface area contributed by atoms with Crippen LogP contribution in [0.4, 0.5) is 5.69 Å². The van der Waals surface area contributed by atoms with Gasteiger partial charge in [0.15, 0.2) is 0 Å². The molecule has 2 aliphatic heterocycles. The highest BCUT2D eigenvalue weighted by molar-refractivity contribution is 7.89. The van der Waals surface area contributed by atoms with Crippen molar-refractivity contribution < 1.29 is 13.2 Å². The van der Waals surface area contributed by atoms with E-state index in [1.807, 2.05) is 27.0 Å². The predicted octanol–water partition coefficient (Wildman–Crippen LogP) is 1.40. The van der Waals surface area contributed by atoms with Crippen LogP contribution in [0.2, 0.25) is 0 Å². The van der Waals surface area contributed by atoms with E-state index in [9.17, 15) is 13.2 Å². The highest BCUT2D eigenvalue weighted by Gasteiger charge is 2.38. The van der Waals surface area contributed by atoms with Crippen molar-refractivity contribution in [1.29, 1.82) is 0 Å². The maximum Gasteiger partial charge on any atom is 0.240 e. The van der Waals surface area contributed by atoms with Gasteiger partial charge in [-0.2, -0.15) is 0 Å². The fraction of sp³-hybridized carbons (Fsp3) is 0.588. The molecule has 1 amide bonds.